The van der Waals surface area contributed by atoms with Crippen molar-refractivity contribution in [3.8, 4) is 11.1 Å². The summed E-state index contributed by atoms with van der Waals surface area (Å²) in [5.74, 6) is -0.0123. The highest BCUT2D eigenvalue weighted by atomic mass is 19.4. The number of aliphatic hydroxyl groups is 1. The van der Waals surface area contributed by atoms with E-state index in [1.165, 1.54) is 0 Å². The molecule has 1 amide bonds. The number of aryl methyl sites for hydroxylation is 1. The standard InChI is InChI=1S/C32H36F6N4O2/c1-21(2)40-29(43)17-27-20-41(14-15-42(27)19-23-10-12-39-13-11-23)18-24-4-9-28(22(3)16-24)25-5-7-26(8-6-25)30(44,31(33,34)35)32(36,37)38/h4-13,16,21,27,44H,14-15,17-20H2,1-3H3,(H,40,43). The Hall–Kier alpha value is -3.48. The zero-order valence-electron chi connectivity index (χ0n) is 24.7. The summed E-state index contributed by atoms with van der Waals surface area (Å²) in [6, 6.07) is 13.2. The first kappa shape index (κ1) is 33.4. The van der Waals surface area contributed by atoms with E-state index in [4.69, 9.17) is 0 Å². The molecule has 4 rings (SSSR count). The van der Waals surface area contributed by atoms with Crippen LogP contribution in [0.1, 0.15) is 42.5 Å². The zero-order chi connectivity index (χ0) is 32.3. The monoisotopic (exact) mass is 622 g/mol. The highest BCUT2D eigenvalue weighted by molar-refractivity contribution is 5.76. The summed E-state index contributed by atoms with van der Waals surface area (Å²) < 4.78 is 79.6. The van der Waals surface area contributed by atoms with Crippen molar-refractivity contribution in [1.29, 1.82) is 0 Å². The second kappa shape index (κ2) is 13.3. The molecule has 0 aliphatic carbocycles. The Labute approximate surface area is 252 Å². The summed E-state index contributed by atoms with van der Waals surface area (Å²) >= 11 is 0. The molecule has 1 atom stereocenters. The van der Waals surface area contributed by atoms with Crippen LogP contribution < -0.4 is 5.32 Å². The van der Waals surface area contributed by atoms with Crippen LogP contribution in [0.2, 0.25) is 0 Å². The lowest BCUT2D eigenvalue weighted by molar-refractivity contribution is -0.376. The van der Waals surface area contributed by atoms with Gasteiger partial charge in [0.05, 0.1) is 0 Å². The molecule has 1 fully saturated rings. The SMILES string of the molecule is Cc1cc(CN2CCN(Cc3ccncc3)C(CC(=O)NC(C)C)C2)ccc1-c1ccc(C(O)(C(F)(F)F)C(F)(F)F)cc1. The number of amides is 1. The fraction of sp³-hybridized carbons (Fsp3) is 0.438. The van der Waals surface area contributed by atoms with E-state index in [1.54, 1.807) is 18.5 Å². The van der Waals surface area contributed by atoms with Gasteiger partial charge < -0.3 is 10.4 Å². The van der Waals surface area contributed by atoms with Crippen molar-refractivity contribution >= 4 is 5.91 Å². The Morgan fingerprint density at radius 2 is 1.57 bits per heavy atom. The van der Waals surface area contributed by atoms with E-state index >= 15 is 0 Å². The Morgan fingerprint density at radius 3 is 2.14 bits per heavy atom. The second-order valence-corrected chi connectivity index (χ2v) is 11.6. The number of piperazine rings is 1. The van der Waals surface area contributed by atoms with Gasteiger partial charge in [0.15, 0.2) is 0 Å². The van der Waals surface area contributed by atoms with Gasteiger partial charge in [-0.3, -0.25) is 19.6 Å². The van der Waals surface area contributed by atoms with Crippen molar-refractivity contribution in [2.24, 2.45) is 0 Å². The number of pyridine rings is 1. The summed E-state index contributed by atoms with van der Waals surface area (Å²) in [4.78, 5) is 21.3. The van der Waals surface area contributed by atoms with E-state index in [0.29, 0.717) is 49.3 Å². The third-order valence-corrected chi connectivity index (χ3v) is 7.83. The summed E-state index contributed by atoms with van der Waals surface area (Å²) in [5.41, 5.74) is -2.30. The van der Waals surface area contributed by atoms with Crippen LogP contribution in [0.15, 0.2) is 67.0 Å². The molecule has 2 aromatic carbocycles. The minimum Gasteiger partial charge on any atom is -0.369 e. The van der Waals surface area contributed by atoms with Crippen LogP contribution in [-0.2, 0) is 23.5 Å². The van der Waals surface area contributed by atoms with E-state index in [0.717, 1.165) is 41.9 Å². The molecule has 238 valence electrons. The van der Waals surface area contributed by atoms with Crippen LogP contribution in [0, 0.1) is 6.92 Å². The maximum atomic E-state index is 13.3. The largest absolute Gasteiger partial charge is 0.430 e. The minimum atomic E-state index is -5.94. The molecule has 12 heteroatoms. The number of hydrogen-bond donors (Lipinski definition) is 2. The number of carbonyl (C=O) groups is 1. The number of hydrogen-bond acceptors (Lipinski definition) is 5. The van der Waals surface area contributed by atoms with Gasteiger partial charge in [-0.1, -0.05) is 42.5 Å². The van der Waals surface area contributed by atoms with E-state index in [9.17, 15) is 36.2 Å². The van der Waals surface area contributed by atoms with E-state index < -0.39 is 23.5 Å². The highest BCUT2D eigenvalue weighted by Gasteiger charge is 2.71. The Morgan fingerprint density at radius 1 is 0.932 bits per heavy atom. The first-order valence-corrected chi connectivity index (χ1v) is 14.3. The molecule has 44 heavy (non-hydrogen) atoms. The van der Waals surface area contributed by atoms with Crippen molar-refractivity contribution in [2.75, 3.05) is 19.6 Å². The van der Waals surface area contributed by atoms with Crippen molar-refractivity contribution in [3.63, 3.8) is 0 Å². The molecule has 0 radical (unpaired) electrons. The maximum Gasteiger partial charge on any atom is 0.430 e. The smallest absolute Gasteiger partial charge is 0.369 e. The lowest BCUT2D eigenvalue weighted by Gasteiger charge is -2.41. The van der Waals surface area contributed by atoms with Crippen LogP contribution >= 0.6 is 0 Å². The van der Waals surface area contributed by atoms with Gasteiger partial charge in [-0.05, 0) is 60.7 Å². The number of benzene rings is 2. The molecule has 0 bridgehead atoms. The van der Waals surface area contributed by atoms with Crippen LogP contribution in [0.3, 0.4) is 0 Å². The maximum absolute atomic E-state index is 13.3. The molecule has 1 aromatic heterocycles. The Bertz CT molecular complexity index is 1400. The van der Waals surface area contributed by atoms with Crippen molar-refractivity contribution < 1.29 is 36.2 Å². The average molecular weight is 623 g/mol. The van der Waals surface area contributed by atoms with E-state index in [1.807, 2.05) is 45.0 Å². The van der Waals surface area contributed by atoms with Crippen molar-refractivity contribution in [1.82, 2.24) is 20.1 Å². The molecule has 2 heterocycles. The Balaban J connectivity index is 1.48. The number of nitrogens with one attached hydrogen (secondary N) is 1. The molecule has 1 saturated heterocycles. The van der Waals surface area contributed by atoms with Gasteiger partial charge in [-0.2, -0.15) is 26.3 Å². The first-order valence-electron chi connectivity index (χ1n) is 14.3. The van der Waals surface area contributed by atoms with E-state index in [2.05, 4.69) is 20.1 Å². The highest BCUT2D eigenvalue weighted by Crippen LogP contribution is 2.50. The number of aromatic nitrogens is 1. The number of halogens is 6. The fourth-order valence-electron chi connectivity index (χ4n) is 5.61. The molecular formula is C32H36F6N4O2. The number of rotatable bonds is 9. The van der Waals surface area contributed by atoms with Gasteiger partial charge >= 0.3 is 12.4 Å². The second-order valence-electron chi connectivity index (χ2n) is 11.6. The molecule has 1 unspecified atom stereocenters. The van der Waals surface area contributed by atoms with Crippen LogP contribution in [0.5, 0.6) is 0 Å². The zero-order valence-corrected chi connectivity index (χ0v) is 24.7. The predicted molar refractivity (Wildman–Crippen MR) is 154 cm³/mol. The molecule has 1 aliphatic rings. The predicted octanol–water partition coefficient (Wildman–Crippen LogP) is 5.97. The molecule has 2 N–H and O–H groups in total. The average Bonchev–Trinajstić information content (AvgIpc) is 2.93. The summed E-state index contributed by atoms with van der Waals surface area (Å²) in [6.45, 7) is 9.17. The number of carbonyl (C=O) groups excluding carboxylic acids is 1. The normalized spacial score (nSPS) is 17.2. The van der Waals surface area contributed by atoms with E-state index in [-0.39, 0.29) is 18.0 Å². The molecule has 0 saturated carbocycles. The van der Waals surface area contributed by atoms with Crippen LogP contribution in [0.4, 0.5) is 26.3 Å². The number of alkyl halides is 6. The molecule has 6 nitrogen and oxygen atoms in total. The topological polar surface area (TPSA) is 68.7 Å². The van der Waals surface area contributed by atoms with Gasteiger partial charge in [-0.25, -0.2) is 0 Å². The summed E-state index contributed by atoms with van der Waals surface area (Å²) in [7, 11) is 0. The summed E-state index contributed by atoms with van der Waals surface area (Å²) in [6.07, 6.45) is -8.03. The fourth-order valence-corrected chi connectivity index (χ4v) is 5.61. The van der Waals surface area contributed by atoms with Crippen LogP contribution in [0.25, 0.3) is 11.1 Å². The van der Waals surface area contributed by atoms with Gasteiger partial charge in [0.1, 0.15) is 0 Å². The van der Waals surface area contributed by atoms with Crippen molar-refractivity contribution in [3.05, 3.63) is 89.2 Å². The summed E-state index contributed by atoms with van der Waals surface area (Å²) in [5, 5.41) is 12.7. The Kier molecular flexibility index (Phi) is 10.1. The minimum absolute atomic E-state index is 0.0123. The first-order chi connectivity index (χ1) is 20.6. The van der Waals surface area contributed by atoms with Crippen LogP contribution in [-0.4, -0.2) is 69.9 Å². The molecule has 1 aliphatic heterocycles. The molecule has 3 aromatic rings. The van der Waals surface area contributed by atoms with Gasteiger partial charge in [0.2, 0.25) is 5.91 Å². The molecule has 0 spiro atoms. The van der Waals surface area contributed by atoms with Gasteiger partial charge in [0, 0.05) is 69.2 Å². The number of nitrogens with zero attached hydrogens (tertiary/aromatic N) is 3. The third kappa shape index (κ3) is 7.59. The van der Waals surface area contributed by atoms with Gasteiger partial charge in [0.25, 0.3) is 5.60 Å². The van der Waals surface area contributed by atoms with Gasteiger partial charge in [-0.15, -0.1) is 0 Å². The lowest BCUT2D eigenvalue weighted by Crippen LogP contribution is -2.53. The lowest BCUT2D eigenvalue weighted by atomic mass is 9.90. The molecular weight excluding hydrogens is 586 g/mol. The quantitative estimate of drug-likeness (QED) is 0.288. The third-order valence-electron chi connectivity index (χ3n) is 7.83. The van der Waals surface area contributed by atoms with Crippen molar-refractivity contribution in [2.45, 2.75) is 70.3 Å².